The van der Waals surface area contributed by atoms with Gasteiger partial charge in [-0.2, -0.15) is 9.61 Å². The Balaban J connectivity index is 3.06. The predicted octanol–water partition coefficient (Wildman–Crippen LogP) is -0.395. The van der Waals surface area contributed by atoms with Gasteiger partial charge in [-0.25, -0.2) is 0 Å². The second-order valence-electron chi connectivity index (χ2n) is 2.18. The number of nitrogens with one attached hydrogen (secondary N) is 1. The zero-order valence-electron chi connectivity index (χ0n) is 5.61. The molecule has 0 saturated carbocycles. The molecule has 0 amide bonds. The molecular weight excluding hydrogens is 144 g/mol. The fourth-order valence-corrected chi connectivity index (χ4v) is 0.935. The molecule has 0 unspecified atom stereocenters. The van der Waals surface area contributed by atoms with Crippen LogP contribution < -0.4 is 11.3 Å². The Morgan fingerprint density at radius 2 is 2.45 bits per heavy atom. The van der Waals surface area contributed by atoms with Gasteiger partial charge in [0.05, 0.1) is 11.9 Å². The van der Waals surface area contributed by atoms with Crippen LogP contribution in [0.15, 0.2) is 23.3 Å². The van der Waals surface area contributed by atoms with Crippen molar-refractivity contribution in [2.24, 2.45) is 0 Å². The van der Waals surface area contributed by atoms with Gasteiger partial charge in [0, 0.05) is 12.3 Å². The molecule has 0 aliphatic carbocycles. The van der Waals surface area contributed by atoms with Crippen LogP contribution in [0, 0.1) is 0 Å². The number of fused-ring (bicyclic) bond motifs is 1. The average Bonchev–Trinajstić information content (AvgIpc) is 2.35. The quantitative estimate of drug-likeness (QED) is 0.536. The highest BCUT2D eigenvalue weighted by atomic mass is 16.1. The van der Waals surface area contributed by atoms with Crippen LogP contribution in [0.25, 0.3) is 5.65 Å². The summed E-state index contributed by atoms with van der Waals surface area (Å²) in [6.45, 7) is 0. The van der Waals surface area contributed by atoms with E-state index >= 15 is 0 Å². The zero-order chi connectivity index (χ0) is 7.84. The number of anilines is 1. The highest BCUT2D eigenvalue weighted by Gasteiger charge is 2.00. The normalized spacial score (nSPS) is 10.5. The summed E-state index contributed by atoms with van der Waals surface area (Å²) in [5, 5.41) is 3.77. The molecule has 2 aromatic rings. The zero-order valence-corrected chi connectivity index (χ0v) is 5.61. The Labute approximate surface area is 61.5 Å². The number of nitrogens with zero attached hydrogens (tertiary/aromatic N) is 2. The number of hydrogen-bond donors (Lipinski definition) is 2. The number of rotatable bonds is 0. The molecule has 0 fully saturated rings. The third-order valence-electron chi connectivity index (χ3n) is 1.45. The maximum atomic E-state index is 11.0. The Morgan fingerprint density at radius 1 is 1.64 bits per heavy atom. The summed E-state index contributed by atoms with van der Waals surface area (Å²) in [6, 6.07) is 1.39. The number of nitrogens with two attached hydrogens (primary N) is 1. The van der Waals surface area contributed by atoms with E-state index in [-0.39, 0.29) is 5.56 Å². The molecule has 11 heavy (non-hydrogen) atoms. The summed E-state index contributed by atoms with van der Waals surface area (Å²) < 4.78 is 1.22. The van der Waals surface area contributed by atoms with Crippen LogP contribution in [0.3, 0.4) is 0 Å². The van der Waals surface area contributed by atoms with Gasteiger partial charge in [-0.15, -0.1) is 0 Å². The summed E-state index contributed by atoms with van der Waals surface area (Å²) in [5.74, 6) is 0. The lowest BCUT2D eigenvalue weighted by Crippen LogP contribution is -2.12. The van der Waals surface area contributed by atoms with Crippen molar-refractivity contribution in [1.29, 1.82) is 0 Å². The molecule has 0 spiro atoms. The number of hydrogen-bond acceptors (Lipinski definition) is 3. The molecule has 0 atom stereocenters. The van der Waals surface area contributed by atoms with Gasteiger partial charge in [-0.3, -0.25) is 4.79 Å². The van der Waals surface area contributed by atoms with Gasteiger partial charge in [0.15, 0.2) is 5.65 Å². The highest BCUT2D eigenvalue weighted by molar-refractivity contribution is 5.62. The number of aromatic amines is 1. The van der Waals surface area contributed by atoms with Crippen LogP contribution in [0.5, 0.6) is 0 Å². The molecule has 0 saturated heterocycles. The summed E-state index contributed by atoms with van der Waals surface area (Å²) in [7, 11) is 0. The highest BCUT2D eigenvalue weighted by Crippen LogP contribution is 2.04. The number of H-pyrrole nitrogens is 1. The van der Waals surface area contributed by atoms with E-state index in [9.17, 15) is 4.79 Å². The van der Waals surface area contributed by atoms with Gasteiger partial charge in [0.2, 0.25) is 0 Å². The third kappa shape index (κ3) is 0.706. The standard InChI is InChI=1S/C6H6N4O/c7-4-3-9-10-5(11)1-2-8-6(4)10/h1-3,8H,7H2. The Bertz CT molecular complexity index is 441. The summed E-state index contributed by atoms with van der Waals surface area (Å²) in [5.41, 5.74) is 6.32. The van der Waals surface area contributed by atoms with Gasteiger partial charge < -0.3 is 10.7 Å². The first-order valence-electron chi connectivity index (χ1n) is 3.10. The van der Waals surface area contributed by atoms with Crippen LogP contribution in [0.4, 0.5) is 5.69 Å². The van der Waals surface area contributed by atoms with Crippen molar-refractivity contribution in [1.82, 2.24) is 14.6 Å². The first-order chi connectivity index (χ1) is 5.29. The van der Waals surface area contributed by atoms with Crippen molar-refractivity contribution in [3.63, 3.8) is 0 Å². The van der Waals surface area contributed by atoms with E-state index in [4.69, 9.17) is 5.73 Å². The predicted molar refractivity (Wildman–Crippen MR) is 40.2 cm³/mol. The van der Waals surface area contributed by atoms with E-state index in [1.54, 1.807) is 0 Å². The molecule has 2 rings (SSSR count). The van der Waals surface area contributed by atoms with Crippen LogP contribution in [-0.4, -0.2) is 14.6 Å². The molecule has 0 aliphatic heterocycles. The molecule has 0 bridgehead atoms. The Hall–Kier alpha value is -1.78. The minimum atomic E-state index is -0.185. The fraction of sp³-hybridized carbons (Fsp3) is 0. The molecule has 2 aromatic heterocycles. The monoisotopic (exact) mass is 150 g/mol. The van der Waals surface area contributed by atoms with Crippen molar-refractivity contribution in [3.05, 3.63) is 28.8 Å². The molecule has 0 aromatic carbocycles. The van der Waals surface area contributed by atoms with Gasteiger partial charge >= 0.3 is 0 Å². The van der Waals surface area contributed by atoms with Gasteiger partial charge in [0.1, 0.15) is 0 Å². The van der Waals surface area contributed by atoms with Gasteiger partial charge in [-0.05, 0) is 0 Å². The van der Waals surface area contributed by atoms with Crippen LogP contribution in [0.1, 0.15) is 0 Å². The largest absolute Gasteiger partial charge is 0.394 e. The lowest BCUT2D eigenvalue weighted by molar-refractivity contribution is 0.899. The summed E-state index contributed by atoms with van der Waals surface area (Å²) >= 11 is 0. The van der Waals surface area contributed by atoms with E-state index < -0.39 is 0 Å². The van der Waals surface area contributed by atoms with Crippen molar-refractivity contribution in [2.45, 2.75) is 0 Å². The molecule has 5 heteroatoms. The second kappa shape index (κ2) is 1.85. The SMILES string of the molecule is Nc1cnn2c(=O)cc[nH]c12. The average molecular weight is 150 g/mol. The van der Waals surface area contributed by atoms with E-state index in [1.165, 1.54) is 23.0 Å². The molecule has 56 valence electrons. The van der Waals surface area contributed by atoms with Crippen molar-refractivity contribution < 1.29 is 0 Å². The first-order valence-corrected chi connectivity index (χ1v) is 3.10. The minimum Gasteiger partial charge on any atom is -0.394 e. The van der Waals surface area contributed by atoms with Crippen LogP contribution in [0.2, 0.25) is 0 Å². The number of aromatic nitrogens is 3. The van der Waals surface area contributed by atoms with Crippen LogP contribution >= 0.6 is 0 Å². The molecule has 0 radical (unpaired) electrons. The topological polar surface area (TPSA) is 76.2 Å². The molecule has 3 N–H and O–H groups in total. The lowest BCUT2D eigenvalue weighted by Gasteiger charge is -1.89. The van der Waals surface area contributed by atoms with Crippen LogP contribution in [-0.2, 0) is 0 Å². The summed E-state index contributed by atoms with van der Waals surface area (Å²) in [6.07, 6.45) is 2.98. The summed E-state index contributed by atoms with van der Waals surface area (Å²) in [4.78, 5) is 13.8. The van der Waals surface area contributed by atoms with E-state index in [2.05, 4.69) is 10.1 Å². The molecule has 2 heterocycles. The Kier molecular flexibility index (Phi) is 1.00. The number of nitrogen functional groups attached to an aromatic ring is 1. The molecule has 5 nitrogen and oxygen atoms in total. The smallest absolute Gasteiger partial charge is 0.274 e. The molecular formula is C6H6N4O. The molecule has 0 aliphatic rings. The van der Waals surface area contributed by atoms with Gasteiger partial charge in [0.25, 0.3) is 5.56 Å². The van der Waals surface area contributed by atoms with Crippen molar-refractivity contribution in [2.75, 3.05) is 5.73 Å². The maximum absolute atomic E-state index is 11.0. The third-order valence-corrected chi connectivity index (χ3v) is 1.45. The maximum Gasteiger partial charge on any atom is 0.274 e. The lowest BCUT2D eigenvalue weighted by atomic mass is 10.5. The Morgan fingerprint density at radius 3 is 3.18 bits per heavy atom. The van der Waals surface area contributed by atoms with Gasteiger partial charge in [-0.1, -0.05) is 0 Å². The fourth-order valence-electron chi connectivity index (χ4n) is 0.935. The second-order valence-corrected chi connectivity index (χ2v) is 2.18. The van der Waals surface area contributed by atoms with Crippen molar-refractivity contribution >= 4 is 11.3 Å². The van der Waals surface area contributed by atoms with Crippen molar-refractivity contribution in [3.8, 4) is 0 Å². The minimum absolute atomic E-state index is 0.185. The first kappa shape index (κ1) is 5.96. The van der Waals surface area contributed by atoms with E-state index in [0.29, 0.717) is 11.3 Å². The van der Waals surface area contributed by atoms with E-state index in [0.717, 1.165) is 0 Å². The van der Waals surface area contributed by atoms with E-state index in [1.807, 2.05) is 0 Å².